The summed E-state index contributed by atoms with van der Waals surface area (Å²) in [5.41, 5.74) is 0.904. The number of nitrogens with one attached hydrogen (secondary N) is 1. The van der Waals surface area contributed by atoms with E-state index in [1.165, 1.54) is 0 Å². The van der Waals surface area contributed by atoms with Gasteiger partial charge in [0.25, 0.3) is 0 Å². The van der Waals surface area contributed by atoms with Gasteiger partial charge in [0.2, 0.25) is 0 Å². The largest absolute Gasteiger partial charge is 0.382 e. The molecular formula is C10H13ClN2O. The lowest BCUT2D eigenvalue weighted by Gasteiger charge is -2.11. The molecule has 14 heavy (non-hydrogen) atoms. The third kappa shape index (κ3) is 2.36. The average Bonchev–Trinajstić information content (AvgIpc) is 2.69. The van der Waals surface area contributed by atoms with E-state index in [2.05, 4.69) is 10.3 Å². The van der Waals surface area contributed by atoms with E-state index >= 15 is 0 Å². The zero-order chi connectivity index (χ0) is 9.80. The lowest BCUT2D eigenvalue weighted by atomic mass is 10.1. The Morgan fingerprint density at radius 2 is 2.57 bits per heavy atom. The minimum Gasteiger partial charge on any atom is -0.382 e. The first-order chi connectivity index (χ1) is 6.86. The molecule has 0 bridgehead atoms. The summed E-state index contributed by atoms with van der Waals surface area (Å²) < 4.78 is 5.29. The Bertz CT molecular complexity index is 300. The molecule has 0 aromatic carbocycles. The van der Waals surface area contributed by atoms with Gasteiger partial charge in [-0.25, -0.2) is 0 Å². The molecule has 4 heteroatoms. The van der Waals surface area contributed by atoms with Gasteiger partial charge in [0.1, 0.15) is 0 Å². The van der Waals surface area contributed by atoms with Crippen molar-refractivity contribution in [1.82, 2.24) is 4.98 Å². The van der Waals surface area contributed by atoms with Crippen LogP contribution in [0.1, 0.15) is 6.42 Å². The van der Waals surface area contributed by atoms with Crippen molar-refractivity contribution < 1.29 is 4.74 Å². The normalized spacial score (nSPS) is 21.1. The molecule has 0 aliphatic carbocycles. The number of hydrogen-bond acceptors (Lipinski definition) is 3. The van der Waals surface area contributed by atoms with Crippen LogP contribution in [-0.4, -0.2) is 24.7 Å². The van der Waals surface area contributed by atoms with E-state index in [9.17, 15) is 0 Å². The molecule has 1 saturated heterocycles. The monoisotopic (exact) mass is 212 g/mol. The number of ether oxygens (including phenoxy) is 1. The fourth-order valence-corrected chi connectivity index (χ4v) is 1.68. The zero-order valence-corrected chi connectivity index (χ0v) is 8.63. The van der Waals surface area contributed by atoms with Crippen molar-refractivity contribution in [3.8, 4) is 0 Å². The van der Waals surface area contributed by atoms with Gasteiger partial charge in [-0.1, -0.05) is 11.6 Å². The van der Waals surface area contributed by atoms with Crippen LogP contribution < -0.4 is 5.32 Å². The summed E-state index contributed by atoms with van der Waals surface area (Å²) in [7, 11) is 0. The smallest absolute Gasteiger partial charge is 0.0716 e. The highest BCUT2D eigenvalue weighted by Gasteiger charge is 2.15. The van der Waals surface area contributed by atoms with E-state index in [1.807, 2.05) is 0 Å². The second-order valence-electron chi connectivity index (χ2n) is 3.47. The highest BCUT2D eigenvalue weighted by atomic mass is 35.5. The predicted molar refractivity (Wildman–Crippen MR) is 56.7 cm³/mol. The van der Waals surface area contributed by atoms with E-state index in [-0.39, 0.29) is 0 Å². The van der Waals surface area contributed by atoms with Crippen molar-refractivity contribution in [3.05, 3.63) is 23.5 Å². The molecule has 1 fully saturated rings. The Hall–Kier alpha value is -0.800. The molecule has 1 aromatic rings. The number of halogens is 1. The molecule has 0 saturated carbocycles. The molecule has 1 atom stereocenters. The molecule has 1 N–H and O–H groups in total. The van der Waals surface area contributed by atoms with Crippen LogP contribution in [0.4, 0.5) is 5.69 Å². The third-order valence-corrected chi connectivity index (χ3v) is 2.70. The SMILES string of the molecule is Clc1ccncc1NCC1CCOC1. The molecule has 1 unspecified atom stereocenters. The number of anilines is 1. The van der Waals surface area contributed by atoms with Crippen molar-refractivity contribution in [2.45, 2.75) is 6.42 Å². The fraction of sp³-hybridized carbons (Fsp3) is 0.500. The fourth-order valence-electron chi connectivity index (χ4n) is 1.51. The van der Waals surface area contributed by atoms with Crippen LogP contribution in [0.2, 0.25) is 5.02 Å². The lowest BCUT2D eigenvalue weighted by Crippen LogP contribution is -2.14. The van der Waals surface area contributed by atoms with Crippen LogP contribution in [0.5, 0.6) is 0 Å². The van der Waals surface area contributed by atoms with E-state index < -0.39 is 0 Å². The molecule has 0 spiro atoms. The topological polar surface area (TPSA) is 34.2 Å². The first-order valence-electron chi connectivity index (χ1n) is 4.77. The Kier molecular flexibility index (Phi) is 3.22. The van der Waals surface area contributed by atoms with Gasteiger partial charge in [0.05, 0.1) is 23.5 Å². The molecule has 0 amide bonds. The maximum atomic E-state index is 5.98. The summed E-state index contributed by atoms with van der Waals surface area (Å²) in [6.45, 7) is 2.64. The highest BCUT2D eigenvalue weighted by Crippen LogP contribution is 2.20. The Labute approximate surface area is 88.4 Å². The number of hydrogen-bond donors (Lipinski definition) is 1. The van der Waals surface area contributed by atoms with Gasteiger partial charge in [-0.05, 0) is 12.5 Å². The molecule has 1 aromatic heterocycles. The summed E-state index contributed by atoms with van der Waals surface area (Å²) in [5.74, 6) is 0.603. The molecule has 3 nitrogen and oxygen atoms in total. The van der Waals surface area contributed by atoms with Gasteiger partial charge in [0.15, 0.2) is 0 Å². The van der Waals surface area contributed by atoms with Crippen LogP contribution in [0.3, 0.4) is 0 Å². The maximum Gasteiger partial charge on any atom is 0.0716 e. The van der Waals surface area contributed by atoms with Crippen molar-refractivity contribution in [2.75, 3.05) is 25.1 Å². The van der Waals surface area contributed by atoms with E-state index in [4.69, 9.17) is 16.3 Å². The summed E-state index contributed by atoms with van der Waals surface area (Å²) in [6.07, 6.45) is 4.56. The molecule has 2 rings (SSSR count). The first kappa shape index (κ1) is 9.74. The molecule has 1 aliphatic rings. The first-order valence-corrected chi connectivity index (χ1v) is 5.15. The van der Waals surface area contributed by atoms with Crippen molar-refractivity contribution in [3.63, 3.8) is 0 Å². The quantitative estimate of drug-likeness (QED) is 0.834. The molecule has 76 valence electrons. The van der Waals surface area contributed by atoms with Gasteiger partial charge in [-0.2, -0.15) is 0 Å². The van der Waals surface area contributed by atoms with Crippen molar-refractivity contribution in [1.29, 1.82) is 0 Å². The van der Waals surface area contributed by atoms with Crippen LogP contribution in [-0.2, 0) is 4.74 Å². The number of nitrogens with zero attached hydrogens (tertiary/aromatic N) is 1. The second-order valence-corrected chi connectivity index (χ2v) is 3.87. The third-order valence-electron chi connectivity index (χ3n) is 2.37. The Morgan fingerprint density at radius 3 is 3.29 bits per heavy atom. The van der Waals surface area contributed by atoms with Crippen LogP contribution in [0, 0.1) is 5.92 Å². The van der Waals surface area contributed by atoms with Gasteiger partial charge in [-0.15, -0.1) is 0 Å². The van der Waals surface area contributed by atoms with E-state index in [0.29, 0.717) is 5.92 Å². The van der Waals surface area contributed by atoms with Crippen molar-refractivity contribution >= 4 is 17.3 Å². The minimum absolute atomic E-state index is 0.603. The predicted octanol–water partition coefficient (Wildman–Crippen LogP) is 2.18. The Morgan fingerprint density at radius 1 is 1.64 bits per heavy atom. The maximum absolute atomic E-state index is 5.98. The van der Waals surface area contributed by atoms with Crippen molar-refractivity contribution in [2.24, 2.45) is 5.92 Å². The molecule has 0 radical (unpaired) electrons. The summed E-state index contributed by atoms with van der Waals surface area (Å²) in [6, 6.07) is 1.79. The van der Waals surface area contributed by atoms with E-state index in [1.54, 1.807) is 18.5 Å². The van der Waals surface area contributed by atoms with Gasteiger partial charge in [0, 0.05) is 25.3 Å². The lowest BCUT2D eigenvalue weighted by molar-refractivity contribution is 0.187. The minimum atomic E-state index is 0.603. The van der Waals surface area contributed by atoms with Crippen LogP contribution in [0.25, 0.3) is 0 Å². The van der Waals surface area contributed by atoms with Gasteiger partial charge >= 0.3 is 0 Å². The molecule has 1 aliphatic heterocycles. The molecular weight excluding hydrogens is 200 g/mol. The molecule has 2 heterocycles. The van der Waals surface area contributed by atoms with Gasteiger partial charge in [-0.3, -0.25) is 4.98 Å². The van der Waals surface area contributed by atoms with Crippen LogP contribution >= 0.6 is 11.6 Å². The second kappa shape index (κ2) is 4.62. The summed E-state index contributed by atoms with van der Waals surface area (Å²) >= 11 is 5.98. The van der Waals surface area contributed by atoms with Gasteiger partial charge < -0.3 is 10.1 Å². The number of aromatic nitrogens is 1. The average molecular weight is 213 g/mol. The number of pyridine rings is 1. The number of rotatable bonds is 3. The summed E-state index contributed by atoms with van der Waals surface area (Å²) in [4.78, 5) is 4.01. The van der Waals surface area contributed by atoms with E-state index in [0.717, 1.165) is 36.9 Å². The zero-order valence-electron chi connectivity index (χ0n) is 7.87. The summed E-state index contributed by atoms with van der Waals surface area (Å²) in [5, 5.41) is 4.00. The van der Waals surface area contributed by atoms with Crippen LogP contribution in [0.15, 0.2) is 18.5 Å². The standard InChI is InChI=1S/C10H13ClN2O/c11-9-1-3-12-6-10(9)13-5-8-2-4-14-7-8/h1,3,6,8,13H,2,4-5,7H2. The highest BCUT2D eigenvalue weighted by molar-refractivity contribution is 6.33. The Balaban J connectivity index is 1.88.